The van der Waals surface area contributed by atoms with Crippen LogP contribution in [0.2, 0.25) is 0 Å². The number of hydrogen-bond donors (Lipinski definition) is 1. The number of pyridine rings is 1. The Labute approximate surface area is 292 Å². The van der Waals surface area contributed by atoms with Crippen LogP contribution in [-0.4, -0.2) is 61.7 Å². The fourth-order valence-corrected chi connectivity index (χ4v) is 6.16. The molecule has 4 heterocycles. The molecular weight excluding hydrogens is 691 g/mol. The summed E-state index contributed by atoms with van der Waals surface area (Å²) in [4.78, 5) is 20.9. The van der Waals surface area contributed by atoms with Crippen LogP contribution in [-0.2, 0) is 24.9 Å². The topological polar surface area (TPSA) is 117 Å². The Kier molecular flexibility index (Phi) is 10.00. The van der Waals surface area contributed by atoms with E-state index in [1.54, 1.807) is 27.9 Å². The number of carbonyl (C=O) groups excluding carboxylic acids is 1. The predicted molar refractivity (Wildman–Crippen MR) is 190 cm³/mol. The predicted octanol–water partition coefficient (Wildman–Crippen LogP) is 6.84. The highest BCUT2D eigenvalue weighted by atomic mass is 79.9. The van der Waals surface area contributed by atoms with Crippen LogP contribution in [0.3, 0.4) is 0 Å². The lowest BCUT2D eigenvalue weighted by molar-refractivity contribution is 0.0941. The number of rotatable bonds is 10. The standard InChI is InChI=1S/C36H38BrFN8O3/c1-5-46-21-31(35(42-46)44-13-15-45(16-14-44)36(47)48-22-25-9-7-6-8-10-25)23(2)30-20-43(4)41-33(30)28-12-11-27(38)18-29(28)24(3)49-32-17-26(37)19-40-34(32)39/h6-12,17-21,24H,2,5,13-16,22H2,1,3-4H3,(H2,39,40)/t24-/m1/s1. The minimum atomic E-state index is -0.596. The maximum atomic E-state index is 14.7. The van der Waals surface area contributed by atoms with Crippen LogP contribution >= 0.6 is 15.9 Å². The van der Waals surface area contributed by atoms with Crippen molar-refractivity contribution >= 4 is 39.2 Å². The quantitative estimate of drug-likeness (QED) is 0.166. The Morgan fingerprint density at radius 2 is 1.82 bits per heavy atom. The summed E-state index contributed by atoms with van der Waals surface area (Å²) < 4.78 is 30.8. The molecule has 1 aliphatic rings. The second-order valence-corrected chi connectivity index (χ2v) is 12.7. The van der Waals surface area contributed by atoms with Gasteiger partial charge >= 0.3 is 6.09 Å². The van der Waals surface area contributed by atoms with Crippen molar-refractivity contribution in [2.45, 2.75) is 33.1 Å². The first-order valence-electron chi connectivity index (χ1n) is 16.0. The Bertz CT molecular complexity index is 1970. The van der Waals surface area contributed by atoms with E-state index in [1.807, 2.05) is 68.3 Å². The lowest BCUT2D eigenvalue weighted by Gasteiger charge is -2.34. The Hall–Kier alpha value is -5.17. The van der Waals surface area contributed by atoms with Gasteiger partial charge in [0.15, 0.2) is 17.4 Å². The fourth-order valence-electron chi connectivity index (χ4n) is 5.85. The first-order valence-corrected chi connectivity index (χ1v) is 16.8. The van der Waals surface area contributed by atoms with Crippen LogP contribution in [0.1, 0.15) is 42.2 Å². The van der Waals surface area contributed by atoms with E-state index >= 15 is 0 Å². The van der Waals surface area contributed by atoms with Crippen molar-refractivity contribution in [3.63, 3.8) is 0 Å². The molecule has 11 nitrogen and oxygen atoms in total. The summed E-state index contributed by atoms with van der Waals surface area (Å²) in [6.45, 7) is 11.4. The van der Waals surface area contributed by atoms with Gasteiger partial charge in [0, 0.05) is 85.1 Å². The zero-order valence-corrected chi connectivity index (χ0v) is 29.2. The van der Waals surface area contributed by atoms with Gasteiger partial charge in [-0.25, -0.2) is 14.2 Å². The van der Waals surface area contributed by atoms with Crippen LogP contribution < -0.4 is 15.4 Å². The highest BCUT2D eigenvalue weighted by molar-refractivity contribution is 9.10. The van der Waals surface area contributed by atoms with Gasteiger partial charge in [-0.2, -0.15) is 10.2 Å². The van der Waals surface area contributed by atoms with Crippen LogP contribution in [0.4, 0.5) is 20.8 Å². The summed E-state index contributed by atoms with van der Waals surface area (Å²) in [7, 11) is 1.84. The Balaban J connectivity index is 1.25. The SMILES string of the molecule is C=C(c1cn(C)nc1-c1ccc(F)cc1[C@@H](C)Oc1cc(Br)cnc1N)c1cn(CC)nc1N1CCN(C(=O)OCc2ccccc2)CC1. The number of ether oxygens (including phenoxy) is 2. The molecule has 3 aromatic heterocycles. The van der Waals surface area contributed by atoms with E-state index in [0.29, 0.717) is 65.3 Å². The van der Waals surface area contributed by atoms with E-state index in [1.165, 1.54) is 12.1 Å². The highest BCUT2D eigenvalue weighted by Gasteiger charge is 2.28. The first kappa shape index (κ1) is 33.7. The van der Waals surface area contributed by atoms with Crippen LogP contribution in [0.25, 0.3) is 16.8 Å². The molecule has 1 aliphatic heterocycles. The number of aryl methyl sites for hydroxylation is 2. The van der Waals surface area contributed by atoms with Gasteiger partial charge in [-0.1, -0.05) is 36.9 Å². The molecule has 49 heavy (non-hydrogen) atoms. The molecule has 6 rings (SSSR count). The van der Waals surface area contributed by atoms with E-state index in [0.717, 1.165) is 22.5 Å². The summed E-state index contributed by atoms with van der Waals surface area (Å²) in [5, 5.41) is 9.71. The van der Waals surface area contributed by atoms with E-state index in [2.05, 4.69) is 32.4 Å². The minimum absolute atomic E-state index is 0.227. The van der Waals surface area contributed by atoms with Gasteiger partial charge in [-0.3, -0.25) is 9.36 Å². The molecule has 13 heteroatoms. The van der Waals surface area contributed by atoms with Crippen molar-refractivity contribution in [2.75, 3.05) is 36.8 Å². The van der Waals surface area contributed by atoms with Crippen molar-refractivity contribution in [3.05, 3.63) is 112 Å². The van der Waals surface area contributed by atoms with Crippen LogP contribution in [0, 0.1) is 5.82 Å². The summed E-state index contributed by atoms with van der Waals surface area (Å²) in [5.41, 5.74) is 11.3. The second kappa shape index (κ2) is 14.5. The number of amides is 1. The van der Waals surface area contributed by atoms with Crippen molar-refractivity contribution in [1.29, 1.82) is 0 Å². The van der Waals surface area contributed by atoms with Crippen molar-refractivity contribution in [2.24, 2.45) is 7.05 Å². The maximum Gasteiger partial charge on any atom is 0.410 e. The molecule has 0 spiro atoms. The molecule has 0 radical (unpaired) electrons. The number of hydrogen-bond acceptors (Lipinski definition) is 8. The Morgan fingerprint density at radius 1 is 1.06 bits per heavy atom. The number of nitrogen functional groups attached to an aromatic ring is 1. The highest BCUT2D eigenvalue weighted by Crippen LogP contribution is 2.39. The van der Waals surface area contributed by atoms with Gasteiger partial charge in [0.05, 0.1) is 0 Å². The van der Waals surface area contributed by atoms with E-state index in [9.17, 15) is 9.18 Å². The molecule has 1 fully saturated rings. The zero-order chi connectivity index (χ0) is 34.7. The third-order valence-corrected chi connectivity index (χ3v) is 8.88. The summed E-state index contributed by atoms with van der Waals surface area (Å²) in [6.07, 6.45) is 4.54. The normalized spacial score (nSPS) is 13.7. The molecule has 0 unspecified atom stereocenters. The number of nitrogens with two attached hydrogens (primary N) is 1. The van der Waals surface area contributed by atoms with Gasteiger partial charge in [-0.15, -0.1) is 0 Å². The van der Waals surface area contributed by atoms with Gasteiger partial charge in [0.2, 0.25) is 0 Å². The number of aromatic nitrogens is 5. The number of nitrogens with zero attached hydrogens (tertiary/aromatic N) is 7. The number of piperazine rings is 1. The largest absolute Gasteiger partial charge is 0.482 e. The number of carbonyl (C=O) groups is 1. The third kappa shape index (κ3) is 7.46. The average Bonchev–Trinajstić information content (AvgIpc) is 3.73. The molecule has 1 saturated heterocycles. The van der Waals surface area contributed by atoms with Crippen LogP contribution in [0.15, 0.2) is 84.2 Å². The molecule has 1 atom stereocenters. The van der Waals surface area contributed by atoms with Crippen molar-refractivity contribution < 1.29 is 18.7 Å². The van der Waals surface area contributed by atoms with Gasteiger partial charge in [-0.05, 0) is 65.2 Å². The van der Waals surface area contributed by atoms with Crippen LogP contribution in [0.5, 0.6) is 5.75 Å². The number of halogens is 2. The molecule has 0 bridgehead atoms. The molecule has 2 N–H and O–H groups in total. The summed E-state index contributed by atoms with van der Waals surface area (Å²) in [6, 6.07) is 15.9. The summed E-state index contributed by atoms with van der Waals surface area (Å²) >= 11 is 3.41. The molecule has 0 saturated carbocycles. The van der Waals surface area contributed by atoms with Crippen molar-refractivity contribution in [3.8, 4) is 17.0 Å². The van der Waals surface area contributed by atoms with E-state index in [-0.39, 0.29) is 18.5 Å². The smallest absolute Gasteiger partial charge is 0.410 e. The fraction of sp³-hybridized carbons (Fsp3) is 0.278. The van der Waals surface area contributed by atoms with Gasteiger partial charge in [0.25, 0.3) is 0 Å². The van der Waals surface area contributed by atoms with Gasteiger partial charge < -0.3 is 25.0 Å². The molecular formula is C36H38BrFN8O3. The monoisotopic (exact) mass is 728 g/mol. The molecule has 254 valence electrons. The van der Waals surface area contributed by atoms with Crippen molar-refractivity contribution in [1.82, 2.24) is 29.4 Å². The maximum absolute atomic E-state index is 14.7. The number of anilines is 2. The first-order chi connectivity index (χ1) is 23.6. The lowest BCUT2D eigenvalue weighted by Crippen LogP contribution is -2.49. The summed E-state index contributed by atoms with van der Waals surface area (Å²) in [5.74, 6) is 0.974. The number of benzene rings is 2. The zero-order valence-electron chi connectivity index (χ0n) is 27.6. The average molecular weight is 730 g/mol. The van der Waals surface area contributed by atoms with E-state index < -0.39 is 11.9 Å². The third-order valence-electron chi connectivity index (χ3n) is 8.45. The molecule has 5 aromatic rings. The molecule has 2 aromatic carbocycles. The Morgan fingerprint density at radius 3 is 2.55 bits per heavy atom. The second-order valence-electron chi connectivity index (χ2n) is 11.8. The van der Waals surface area contributed by atoms with Gasteiger partial charge in [0.1, 0.15) is 24.2 Å². The minimum Gasteiger partial charge on any atom is -0.482 e. The lowest BCUT2D eigenvalue weighted by atomic mass is 9.94. The van der Waals surface area contributed by atoms with E-state index in [4.69, 9.17) is 25.4 Å². The molecule has 1 amide bonds. The molecule has 0 aliphatic carbocycles.